The number of piperazine rings is 1. The lowest BCUT2D eigenvalue weighted by Crippen LogP contribution is -2.59. The van der Waals surface area contributed by atoms with Crippen molar-refractivity contribution in [2.75, 3.05) is 38.3 Å². The first kappa shape index (κ1) is 31.5. The van der Waals surface area contributed by atoms with Crippen molar-refractivity contribution in [3.63, 3.8) is 0 Å². The van der Waals surface area contributed by atoms with E-state index in [0.29, 0.717) is 62.2 Å². The Hall–Kier alpha value is -4.78. The molecule has 0 spiro atoms. The summed E-state index contributed by atoms with van der Waals surface area (Å²) in [6, 6.07) is 16.6. The minimum absolute atomic E-state index is 0.0193. The van der Waals surface area contributed by atoms with Gasteiger partial charge >= 0.3 is 5.97 Å². The second-order valence-electron chi connectivity index (χ2n) is 12.5. The van der Waals surface area contributed by atoms with Gasteiger partial charge < -0.3 is 28.4 Å². The Morgan fingerprint density at radius 1 is 1.02 bits per heavy atom. The van der Waals surface area contributed by atoms with Crippen LogP contribution in [0.5, 0.6) is 11.5 Å². The van der Waals surface area contributed by atoms with E-state index in [0.717, 1.165) is 17.3 Å². The van der Waals surface area contributed by atoms with Gasteiger partial charge in [-0.15, -0.1) is 0 Å². The number of anilines is 1. The molecule has 8 rings (SSSR count). The van der Waals surface area contributed by atoms with E-state index < -0.39 is 23.4 Å². The summed E-state index contributed by atoms with van der Waals surface area (Å²) in [5, 5.41) is 0.287. The summed E-state index contributed by atoms with van der Waals surface area (Å²) in [4.78, 5) is 26.0. The van der Waals surface area contributed by atoms with Gasteiger partial charge in [0.05, 0.1) is 67.8 Å². The zero-order chi connectivity index (χ0) is 33.9. The van der Waals surface area contributed by atoms with E-state index in [2.05, 4.69) is 14.8 Å². The Labute approximate surface area is 285 Å². The number of hydrogen-bond donors (Lipinski definition) is 0. The maximum Gasteiger partial charge on any atom is 0.338 e. The third-order valence-corrected chi connectivity index (χ3v) is 9.76. The standard InChI is InChI=1S/C36H32ClF2N5O5/c1-36(24-9-8-23(37)15-25(24)38)48-31-7-3-6-27(34(31)49-36)43-12-11-42(29-19-47-20-30(29)43)18-32-41-33-26(39)13-22(35(45)46-2)14-28(33)44(32)17-21-5-4-10-40-16-21/h3-10,13-16,29-30H,11-12,17-20H2,1-2H3/t29-,30+,36-/m0/s1. The number of fused-ring (bicyclic) bond motifs is 3. The van der Waals surface area contributed by atoms with Crippen molar-refractivity contribution in [1.82, 2.24) is 19.4 Å². The van der Waals surface area contributed by atoms with Gasteiger partial charge in [0.25, 0.3) is 5.79 Å². The van der Waals surface area contributed by atoms with Crippen LogP contribution in [-0.4, -0.2) is 70.9 Å². The Morgan fingerprint density at radius 2 is 1.88 bits per heavy atom. The molecule has 13 heteroatoms. The zero-order valence-electron chi connectivity index (χ0n) is 26.7. The van der Waals surface area contributed by atoms with E-state index in [4.69, 9.17) is 35.5 Å². The molecular weight excluding hydrogens is 656 g/mol. The van der Waals surface area contributed by atoms with Crippen LogP contribution in [0.2, 0.25) is 5.02 Å². The van der Waals surface area contributed by atoms with E-state index in [1.165, 1.54) is 13.2 Å². The summed E-state index contributed by atoms with van der Waals surface area (Å²) in [6.45, 7) is 4.74. The van der Waals surface area contributed by atoms with Crippen molar-refractivity contribution >= 4 is 34.3 Å². The summed E-state index contributed by atoms with van der Waals surface area (Å²) in [5.74, 6) is -1.41. The number of aromatic nitrogens is 3. The van der Waals surface area contributed by atoms with Gasteiger partial charge in [0.1, 0.15) is 17.2 Å². The van der Waals surface area contributed by atoms with Gasteiger partial charge in [-0.1, -0.05) is 23.7 Å². The first-order chi connectivity index (χ1) is 23.7. The van der Waals surface area contributed by atoms with Crippen molar-refractivity contribution in [2.45, 2.75) is 37.9 Å². The van der Waals surface area contributed by atoms with E-state index in [9.17, 15) is 4.79 Å². The highest BCUT2D eigenvalue weighted by Crippen LogP contribution is 2.51. The smallest absolute Gasteiger partial charge is 0.338 e. The molecule has 0 N–H and O–H groups in total. The fourth-order valence-electron chi connectivity index (χ4n) is 7.17. The fourth-order valence-corrected chi connectivity index (χ4v) is 7.32. The van der Waals surface area contributed by atoms with Crippen LogP contribution >= 0.6 is 11.6 Å². The lowest BCUT2D eigenvalue weighted by molar-refractivity contribution is -0.0705. The first-order valence-electron chi connectivity index (χ1n) is 15.9. The number of benzene rings is 3. The molecule has 2 saturated heterocycles. The van der Waals surface area contributed by atoms with Crippen LogP contribution in [0.1, 0.15) is 34.2 Å². The van der Waals surface area contributed by atoms with E-state index >= 15 is 8.78 Å². The quantitative estimate of drug-likeness (QED) is 0.193. The van der Waals surface area contributed by atoms with Crippen LogP contribution in [-0.2, 0) is 28.4 Å². The molecular formula is C36H32ClF2N5O5. The van der Waals surface area contributed by atoms with Gasteiger partial charge in [0.2, 0.25) is 0 Å². The number of esters is 1. The molecule has 10 nitrogen and oxygen atoms in total. The van der Waals surface area contributed by atoms with Crippen LogP contribution < -0.4 is 14.4 Å². The number of carbonyl (C=O) groups excluding carboxylic acids is 1. The molecule has 5 aromatic rings. The summed E-state index contributed by atoms with van der Waals surface area (Å²) in [7, 11) is 1.27. The van der Waals surface area contributed by atoms with Crippen molar-refractivity contribution < 1.29 is 32.5 Å². The van der Waals surface area contributed by atoms with Crippen molar-refractivity contribution in [1.29, 1.82) is 0 Å². The van der Waals surface area contributed by atoms with E-state index in [1.807, 2.05) is 34.9 Å². The molecule has 0 unspecified atom stereocenters. The number of methoxy groups -OCH3 is 1. The predicted octanol–water partition coefficient (Wildman–Crippen LogP) is 5.93. The van der Waals surface area contributed by atoms with Crippen LogP contribution in [0.25, 0.3) is 11.0 Å². The lowest BCUT2D eigenvalue weighted by Gasteiger charge is -2.44. The highest BCUT2D eigenvalue weighted by molar-refractivity contribution is 6.30. The molecule has 0 bridgehead atoms. The van der Waals surface area contributed by atoms with Gasteiger partial charge in [-0.25, -0.2) is 18.6 Å². The SMILES string of the molecule is COC(=O)c1cc(F)c2nc(CN3CCN(c4cccc5c4O[C@@](C)(c4ccc(Cl)cc4F)O5)[C@@H]4COC[C@@H]43)n(Cc3cccnc3)c2c1. The summed E-state index contributed by atoms with van der Waals surface area (Å²) in [5.41, 5.74) is 2.77. The third kappa shape index (κ3) is 5.53. The monoisotopic (exact) mass is 687 g/mol. The topological polar surface area (TPSA) is 91.2 Å². The van der Waals surface area contributed by atoms with E-state index in [1.54, 1.807) is 37.5 Å². The van der Waals surface area contributed by atoms with Crippen molar-refractivity contribution in [3.05, 3.63) is 112 Å². The molecule has 0 aliphatic carbocycles. The molecule has 49 heavy (non-hydrogen) atoms. The number of imidazole rings is 1. The van der Waals surface area contributed by atoms with Crippen LogP contribution in [0, 0.1) is 11.6 Å². The Balaban J connectivity index is 1.10. The highest BCUT2D eigenvalue weighted by Gasteiger charge is 2.46. The molecule has 5 heterocycles. The average molecular weight is 688 g/mol. The summed E-state index contributed by atoms with van der Waals surface area (Å²) < 4.78 is 56.0. The number of nitrogens with zero attached hydrogens (tertiary/aromatic N) is 5. The maximum atomic E-state index is 15.4. The Bertz CT molecular complexity index is 2080. The highest BCUT2D eigenvalue weighted by atomic mass is 35.5. The summed E-state index contributed by atoms with van der Waals surface area (Å²) >= 11 is 6.01. The molecule has 252 valence electrons. The molecule has 2 fully saturated rings. The largest absolute Gasteiger partial charge is 0.465 e. The Morgan fingerprint density at radius 3 is 2.67 bits per heavy atom. The van der Waals surface area contributed by atoms with Gasteiger partial charge in [-0.2, -0.15) is 0 Å². The minimum atomic E-state index is -1.38. The first-order valence-corrected chi connectivity index (χ1v) is 16.3. The minimum Gasteiger partial charge on any atom is -0.465 e. The van der Waals surface area contributed by atoms with Crippen molar-refractivity contribution in [2.24, 2.45) is 0 Å². The number of ether oxygens (including phenoxy) is 4. The number of carbonyl (C=O) groups is 1. The van der Waals surface area contributed by atoms with E-state index in [-0.39, 0.29) is 33.7 Å². The molecule has 0 amide bonds. The second-order valence-corrected chi connectivity index (χ2v) is 12.9. The van der Waals surface area contributed by atoms with Crippen LogP contribution in [0.3, 0.4) is 0 Å². The number of hydrogen-bond acceptors (Lipinski definition) is 9. The summed E-state index contributed by atoms with van der Waals surface area (Å²) in [6.07, 6.45) is 3.45. The third-order valence-electron chi connectivity index (χ3n) is 9.52. The fraction of sp³-hybridized carbons (Fsp3) is 0.306. The molecule has 3 atom stereocenters. The normalized spacial score (nSPS) is 21.7. The maximum absolute atomic E-state index is 15.4. The number of para-hydroxylation sites is 1. The molecule has 0 radical (unpaired) electrons. The Kier molecular flexibility index (Phi) is 7.89. The number of halogens is 3. The zero-order valence-corrected chi connectivity index (χ0v) is 27.5. The number of pyridine rings is 1. The molecule has 3 aliphatic rings. The molecule has 3 aromatic carbocycles. The van der Waals surface area contributed by atoms with Gasteiger partial charge in [0, 0.05) is 37.4 Å². The molecule has 0 saturated carbocycles. The lowest BCUT2D eigenvalue weighted by atomic mass is 10.0. The molecule has 2 aromatic heterocycles. The van der Waals surface area contributed by atoms with Gasteiger partial charge in [-0.3, -0.25) is 9.88 Å². The van der Waals surface area contributed by atoms with Gasteiger partial charge in [0.15, 0.2) is 17.3 Å². The predicted molar refractivity (Wildman–Crippen MR) is 177 cm³/mol. The van der Waals surface area contributed by atoms with Gasteiger partial charge in [-0.05, 0) is 54.1 Å². The van der Waals surface area contributed by atoms with Crippen LogP contribution in [0.4, 0.5) is 14.5 Å². The van der Waals surface area contributed by atoms with Crippen LogP contribution in [0.15, 0.2) is 73.1 Å². The van der Waals surface area contributed by atoms with Crippen molar-refractivity contribution in [3.8, 4) is 11.5 Å². The number of rotatable bonds is 7. The molecule has 3 aliphatic heterocycles. The second kappa shape index (κ2) is 12.3. The average Bonchev–Trinajstić information content (AvgIpc) is 3.81.